The van der Waals surface area contributed by atoms with Gasteiger partial charge in [0.1, 0.15) is 11.5 Å². The summed E-state index contributed by atoms with van der Waals surface area (Å²) in [5.74, 6) is -1.53. The van der Waals surface area contributed by atoms with E-state index in [9.17, 15) is 14.0 Å². The molecule has 0 fully saturated rings. The third-order valence-corrected chi connectivity index (χ3v) is 3.35. The molecule has 0 aliphatic rings. The number of benzene rings is 2. The van der Waals surface area contributed by atoms with Crippen LogP contribution in [-0.2, 0) is 4.79 Å². The molecule has 3 N–H and O–H groups in total. The van der Waals surface area contributed by atoms with Crippen molar-refractivity contribution in [2.75, 3.05) is 13.2 Å². The second-order valence-electron chi connectivity index (χ2n) is 5.23. The lowest BCUT2D eigenvalue weighted by Gasteiger charge is -2.11. The predicted octanol–water partition coefficient (Wildman–Crippen LogP) is 2.10. The largest absolute Gasteiger partial charge is 0.396 e. The van der Waals surface area contributed by atoms with E-state index >= 15 is 0 Å². The number of rotatable bonds is 7. The highest BCUT2D eigenvalue weighted by Crippen LogP contribution is 2.11. The molecule has 0 heterocycles. The topological polar surface area (TPSA) is 78.4 Å². The van der Waals surface area contributed by atoms with Gasteiger partial charge in [0.05, 0.1) is 0 Å². The SMILES string of the molecule is O=C(NCCCO)C(=Cc1ccccc1F)NC(=O)c1ccccc1. The van der Waals surface area contributed by atoms with Crippen molar-refractivity contribution in [3.63, 3.8) is 0 Å². The van der Waals surface area contributed by atoms with Gasteiger partial charge in [-0.05, 0) is 30.7 Å². The van der Waals surface area contributed by atoms with Crippen molar-refractivity contribution in [2.24, 2.45) is 0 Å². The van der Waals surface area contributed by atoms with Crippen molar-refractivity contribution >= 4 is 17.9 Å². The second-order valence-corrected chi connectivity index (χ2v) is 5.23. The van der Waals surface area contributed by atoms with Crippen molar-refractivity contribution < 1.29 is 19.1 Å². The zero-order chi connectivity index (χ0) is 18.1. The summed E-state index contributed by atoms with van der Waals surface area (Å²) in [6.07, 6.45) is 1.66. The van der Waals surface area contributed by atoms with Gasteiger partial charge in [-0.15, -0.1) is 0 Å². The monoisotopic (exact) mass is 342 g/mol. The molecule has 2 rings (SSSR count). The maximum absolute atomic E-state index is 13.9. The molecule has 0 radical (unpaired) electrons. The lowest BCUT2D eigenvalue weighted by Crippen LogP contribution is -2.35. The van der Waals surface area contributed by atoms with Gasteiger partial charge in [-0.3, -0.25) is 9.59 Å². The number of nitrogens with one attached hydrogen (secondary N) is 2. The van der Waals surface area contributed by atoms with E-state index in [4.69, 9.17) is 5.11 Å². The number of hydrogen-bond donors (Lipinski definition) is 3. The Kier molecular flexibility index (Phi) is 6.86. The van der Waals surface area contributed by atoms with E-state index in [1.165, 1.54) is 24.3 Å². The molecule has 0 bridgehead atoms. The van der Waals surface area contributed by atoms with Gasteiger partial charge >= 0.3 is 0 Å². The van der Waals surface area contributed by atoms with Gasteiger partial charge in [-0.25, -0.2) is 4.39 Å². The fourth-order valence-corrected chi connectivity index (χ4v) is 2.07. The zero-order valence-electron chi connectivity index (χ0n) is 13.5. The van der Waals surface area contributed by atoms with Gasteiger partial charge in [-0.1, -0.05) is 36.4 Å². The van der Waals surface area contributed by atoms with E-state index in [0.717, 1.165) is 0 Å². The minimum atomic E-state index is -0.555. The summed E-state index contributed by atoms with van der Waals surface area (Å²) in [7, 11) is 0. The molecule has 6 heteroatoms. The molecule has 0 spiro atoms. The smallest absolute Gasteiger partial charge is 0.267 e. The Morgan fingerprint density at radius 3 is 2.40 bits per heavy atom. The van der Waals surface area contributed by atoms with Crippen molar-refractivity contribution in [3.8, 4) is 0 Å². The van der Waals surface area contributed by atoms with Gasteiger partial charge in [0, 0.05) is 24.3 Å². The van der Waals surface area contributed by atoms with Crippen molar-refractivity contribution in [3.05, 3.63) is 77.2 Å². The number of carbonyl (C=O) groups excluding carboxylic acids is 2. The Morgan fingerprint density at radius 1 is 1.04 bits per heavy atom. The molecule has 5 nitrogen and oxygen atoms in total. The summed E-state index contributed by atoms with van der Waals surface area (Å²) in [6.45, 7) is 0.175. The maximum Gasteiger partial charge on any atom is 0.267 e. The van der Waals surface area contributed by atoms with Gasteiger partial charge in [0.25, 0.3) is 11.8 Å². The normalized spacial score (nSPS) is 11.0. The van der Waals surface area contributed by atoms with E-state index in [0.29, 0.717) is 12.0 Å². The summed E-state index contributed by atoms with van der Waals surface area (Å²) in [5, 5.41) is 13.9. The van der Waals surface area contributed by atoms with Crippen LogP contribution < -0.4 is 10.6 Å². The zero-order valence-corrected chi connectivity index (χ0v) is 13.5. The van der Waals surface area contributed by atoms with Crippen LogP contribution in [0.15, 0.2) is 60.3 Å². The third-order valence-electron chi connectivity index (χ3n) is 3.35. The molecule has 0 saturated carbocycles. The number of aliphatic hydroxyl groups is 1. The highest BCUT2D eigenvalue weighted by atomic mass is 19.1. The Morgan fingerprint density at radius 2 is 1.72 bits per heavy atom. The number of amides is 2. The molecule has 0 unspecified atom stereocenters. The Hall–Kier alpha value is -2.99. The van der Waals surface area contributed by atoms with Gasteiger partial charge in [-0.2, -0.15) is 0 Å². The van der Waals surface area contributed by atoms with Crippen LogP contribution in [0.4, 0.5) is 4.39 Å². The van der Waals surface area contributed by atoms with E-state index < -0.39 is 17.6 Å². The van der Waals surface area contributed by atoms with E-state index in [1.807, 2.05) is 0 Å². The molecular formula is C19H19FN2O3. The number of halogens is 1. The van der Waals surface area contributed by atoms with Crippen LogP contribution in [0.5, 0.6) is 0 Å². The van der Waals surface area contributed by atoms with Crippen LogP contribution in [0, 0.1) is 5.82 Å². The lowest BCUT2D eigenvalue weighted by molar-refractivity contribution is -0.117. The summed E-state index contributed by atoms with van der Waals surface area (Å²) in [6, 6.07) is 14.4. The fraction of sp³-hybridized carbons (Fsp3) is 0.158. The maximum atomic E-state index is 13.9. The molecule has 0 saturated heterocycles. The number of aliphatic hydroxyl groups excluding tert-OH is 1. The van der Waals surface area contributed by atoms with Gasteiger partial charge in [0.15, 0.2) is 0 Å². The molecule has 130 valence electrons. The summed E-state index contributed by atoms with van der Waals surface area (Å²) in [4.78, 5) is 24.6. The van der Waals surface area contributed by atoms with Crippen molar-refractivity contribution in [1.29, 1.82) is 0 Å². The lowest BCUT2D eigenvalue weighted by atomic mass is 10.1. The first-order valence-corrected chi connectivity index (χ1v) is 7.83. The molecule has 0 aromatic heterocycles. The quantitative estimate of drug-likeness (QED) is 0.533. The highest BCUT2D eigenvalue weighted by molar-refractivity contribution is 6.05. The van der Waals surface area contributed by atoms with Gasteiger partial charge < -0.3 is 15.7 Å². The molecule has 2 aromatic rings. The minimum Gasteiger partial charge on any atom is -0.396 e. The van der Waals surface area contributed by atoms with Gasteiger partial charge in [0.2, 0.25) is 0 Å². The first-order valence-electron chi connectivity index (χ1n) is 7.83. The predicted molar refractivity (Wildman–Crippen MR) is 93.0 cm³/mol. The van der Waals surface area contributed by atoms with Crippen LogP contribution in [0.1, 0.15) is 22.3 Å². The van der Waals surface area contributed by atoms with Crippen molar-refractivity contribution in [1.82, 2.24) is 10.6 Å². The Balaban J connectivity index is 2.24. The molecule has 0 aliphatic carbocycles. The first-order chi connectivity index (χ1) is 12.1. The van der Waals surface area contributed by atoms with E-state index in [-0.39, 0.29) is 24.4 Å². The molecule has 0 aliphatic heterocycles. The standard InChI is InChI=1S/C19H19FN2O3/c20-16-10-5-4-9-15(16)13-17(19(25)21-11-6-12-23)22-18(24)14-7-2-1-3-8-14/h1-5,7-10,13,23H,6,11-12H2,(H,21,25)(H,22,24). The third kappa shape index (κ3) is 5.54. The van der Waals surface area contributed by atoms with E-state index in [2.05, 4.69) is 10.6 Å². The Bertz CT molecular complexity index is 760. The molecular weight excluding hydrogens is 323 g/mol. The molecule has 25 heavy (non-hydrogen) atoms. The highest BCUT2D eigenvalue weighted by Gasteiger charge is 2.15. The van der Waals surface area contributed by atoms with Crippen LogP contribution in [0.25, 0.3) is 6.08 Å². The number of hydrogen-bond acceptors (Lipinski definition) is 3. The summed E-state index contributed by atoms with van der Waals surface area (Å²) < 4.78 is 13.9. The molecule has 0 atom stereocenters. The molecule has 2 aromatic carbocycles. The number of carbonyl (C=O) groups is 2. The summed E-state index contributed by atoms with van der Waals surface area (Å²) >= 11 is 0. The fourth-order valence-electron chi connectivity index (χ4n) is 2.07. The van der Waals surface area contributed by atoms with Crippen molar-refractivity contribution in [2.45, 2.75) is 6.42 Å². The molecule has 2 amide bonds. The Labute approximate surface area is 145 Å². The minimum absolute atomic E-state index is 0.0665. The van der Waals surface area contributed by atoms with E-state index in [1.54, 1.807) is 36.4 Å². The second kappa shape index (κ2) is 9.34. The first kappa shape index (κ1) is 18.4. The average Bonchev–Trinajstić information content (AvgIpc) is 2.63. The van der Waals surface area contributed by atoms with Crippen LogP contribution in [0.3, 0.4) is 0 Å². The van der Waals surface area contributed by atoms with Crippen LogP contribution in [0.2, 0.25) is 0 Å². The average molecular weight is 342 g/mol. The van der Waals surface area contributed by atoms with Crippen LogP contribution in [-0.4, -0.2) is 30.1 Å². The van der Waals surface area contributed by atoms with Crippen LogP contribution >= 0.6 is 0 Å². The summed E-state index contributed by atoms with van der Waals surface area (Å²) in [5.41, 5.74) is 0.491.